The summed E-state index contributed by atoms with van der Waals surface area (Å²) in [6.45, 7) is 5.78. The summed E-state index contributed by atoms with van der Waals surface area (Å²) in [7, 11) is -7.72. The zero-order valence-electron chi connectivity index (χ0n) is 12.7. The van der Waals surface area contributed by atoms with E-state index < -0.39 is 23.2 Å². The summed E-state index contributed by atoms with van der Waals surface area (Å²) in [5.74, 6) is 0.250. The maximum absolute atomic E-state index is 13.2. The Morgan fingerprint density at radius 2 is 1.57 bits per heavy atom. The quantitative estimate of drug-likeness (QED) is 0.306. The summed E-state index contributed by atoms with van der Waals surface area (Å²) in [6.07, 6.45) is 0.453. The first-order valence-electron chi connectivity index (χ1n) is 6.87. The maximum Gasteiger partial charge on any atom is 0.673 e. The molecule has 1 heterocycles. The predicted octanol–water partition coefficient (Wildman–Crippen LogP) is 7.05. The maximum atomic E-state index is 13.2. The summed E-state index contributed by atoms with van der Waals surface area (Å²) in [6, 6.07) is 7.18. The van der Waals surface area contributed by atoms with E-state index in [-0.39, 0.29) is 5.92 Å². The molecule has 0 aliphatic heterocycles. The van der Waals surface area contributed by atoms with E-state index >= 15 is 0 Å². The van der Waals surface area contributed by atoms with Crippen molar-refractivity contribution >= 4 is 27.8 Å². The van der Waals surface area contributed by atoms with E-state index in [4.69, 9.17) is 0 Å². The van der Waals surface area contributed by atoms with Crippen molar-refractivity contribution in [2.24, 2.45) is 0 Å². The summed E-state index contributed by atoms with van der Waals surface area (Å²) in [5, 5.41) is 0.733. The van der Waals surface area contributed by atoms with E-state index in [9.17, 15) is 30.4 Å². The smallest absolute Gasteiger partial charge is 0.418 e. The van der Waals surface area contributed by atoms with Crippen molar-refractivity contribution in [3.8, 4) is 0 Å². The van der Waals surface area contributed by atoms with E-state index in [1.165, 1.54) is 0 Å². The highest BCUT2D eigenvalue weighted by molar-refractivity contribution is 7.38. The van der Waals surface area contributed by atoms with Gasteiger partial charge in [0.25, 0.3) is 0 Å². The molecule has 1 aromatic carbocycles. The number of thiophene rings is 1. The zero-order valence-corrected chi connectivity index (χ0v) is 13.5. The van der Waals surface area contributed by atoms with Gasteiger partial charge in [-0.25, -0.2) is 0 Å². The second-order valence-corrected chi connectivity index (χ2v) is 7.20. The molecular formula is C14H16BF7S. The topological polar surface area (TPSA) is 0 Å². The van der Waals surface area contributed by atoms with Gasteiger partial charge < -0.3 is 17.3 Å². The molecule has 0 saturated heterocycles. The molecule has 9 heteroatoms. The van der Waals surface area contributed by atoms with Gasteiger partial charge in [0, 0.05) is 23.9 Å². The molecule has 0 radical (unpaired) electrons. The lowest BCUT2D eigenvalue weighted by molar-refractivity contribution is -0.0867. The van der Waals surface area contributed by atoms with Crippen molar-refractivity contribution in [3.63, 3.8) is 0 Å². The van der Waals surface area contributed by atoms with Crippen LogP contribution in [-0.4, -0.2) is 7.25 Å². The third-order valence-electron chi connectivity index (χ3n) is 3.08. The summed E-state index contributed by atoms with van der Waals surface area (Å²) in [4.78, 5) is 0.499. The Kier molecular flexibility index (Phi) is 6.12. The van der Waals surface area contributed by atoms with Crippen LogP contribution in [0.2, 0.25) is 0 Å². The van der Waals surface area contributed by atoms with Crippen LogP contribution in [0.3, 0.4) is 0 Å². The molecule has 0 fully saturated rings. The normalized spacial score (nSPS) is 13.3. The van der Waals surface area contributed by atoms with Gasteiger partial charge in [-0.1, -0.05) is 26.8 Å². The fraction of sp³-hybridized carbons (Fsp3) is 0.429. The Morgan fingerprint density at radius 3 is 1.96 bits per heavy atom. The van der Waals surface area contributed by atoms with E-state index in [1.54, 1.807) is 19.1 Å². The predicted molar refractivity (Wildman–Crippen MR) is 81.4 cm³/mol. The first kappa shape index (κ1) is 19.8. The van der Waals surface area contributed by atoms with Crippen molar-refractivity contribution < 1.29 is 30.4 Å². The summed E-state index contributed by atoms with van der Waals surface area (Å²) >= 11 is 0. The Hall–Kier alpha value is -1.25. The SMILES string of the molecule is CCc1cc2ccc(C(C)C)cc2[s+]1C(F)(F)F.F[B-](F)(F)F. The van der Waals surface area contributed by atoms with Crippen molar-refractivity contribution in [2.45, 2.75) is 38.6 Å². The lowest BCUT2D eigenvalue weighted by Gasteiger charge is -2.04. The van der Waals surface area contributed by atoms with E-state index in [1.807, 2.05) is 26.0 Å². The van der Waals surface area contributed by atoms with Crippen molar-refractivity contribution in [1.82, 2.24) is 0 Å². The van der Waals surface area contributed by atoms with Gasteiger partial charge in [0.2, 0.25) is 0 Å². The van der Waals surface area contributed by atoms with Crippen molar-refractivity contribution in [1.29, 1.82) is 0 Å². The van der Waals surface area contributed by atoms with Crippen LogP contribution in [0.15, 0.2) is 24.3 Å². The van der Waals surface area contributed by atoms with Crippen LogP contribution in [-0.2, 0) is 11.9 Å². The lowest BCUT2D eigenvalue weighted by Crippen LogP contribution is -2.02. The molecule has 0 bridgehead atoms. The number of hydrogen-bond acceptors (Lipinski definition) is 0. The summed E-state index contributed by atoms with van der Waals surface area (Å²) in [5.41, 5.74) is -3.19. The van der Waals surface area contributed by atoms with Crippen molar-refractivity contribution in [3.05, 3.63) is 34.7 Å². The van der Waals surface area contributed by atoms with Crippen LogP contribution >= 0.6 is 10.5 Å². The Bertz CT molecular complexity index is 649. The molecule has 23 heavy (non-hydrogen) atoms. The van der Waals surface area contributed by atoms with Crippen LogP contribution in [0.25, 0.3) is 10.1 Å². The Labute approximate surface area is 132 Å². The van der Waals surface area contributed by atoms with Crippen LogP contribution in [0.5, 0.6) is 0 Å². The molecular weight excluding hydrogens is 344 g/mol. The fourth-order valence-corrected chi connectivity index (χ4v) is 4.08. The highest BCUT2D eigenvalue weighted by Gasteiger charge is 2.47. The van der Waals surface area contributed by atoms with Crippen LogP contribution in [0.4, 0.5) is 30.4 Å². The molecule has 1 aromatic heterocycles. The molecule has 0 aliphatic carbocycles. The molecule has 0 saturated carbocycles. The number of halogens is 7. The first-order chi connectivity index (χ1) is 10.3. The molecule has 130 valence electrons. The van der Waals surface area contributed by atoms with E-state index in [0.29, 0.717) is 16.0 Å². The van der Waals surface area contributed by atoms with Gasteiger partial charge in [0.1, 0.15) is 0 Å². The average Bonchev–Trinajstić information content (AvgIpc) is 2.73. The van der Waals surface area contributed by atoms with Gasteiger partial charge in [0.05, 0.1) is 10.5 Å². The Morgan fingerprint density at radius 1 is 1.04 bits per heavy atom. The van der Waals surface area contributed by atoms with Crippen LogP contribution in [0, 0.1) is 0 Å². The lowest BCUT2D eigenvalue weighted by atomic mass is 10.0. The Balaban J connectivity index is 0.000000463. The summed E-state index contributed by atoms with van der Waals surface area (Å²) < 4.78 is 79.0. The third-order valence-corrected chi connectivity index (χ3v) is 5.27. The largest absolute Gasteiger partial charge is 0.673 e. The number of alkyl halides is 3. The number of fused-ring (bicyclic) bond motifs is 1. The van der Waals surface area contributed by atoms with Gasteiger partial charge in [-0.05, 0) is 17.5 Å². The zero-order chi connectivity index (χ0) is 18.0. The minimum Gasteiger partial charge on any atom is -0.418 e. The van der Waals surface area contributed by atoms with Gasteiger partial charge in [-0.15, -0.1) is 13.2 Å². The first-order valence-corrected chi connectivity index (χ1v) is 8.10. The number of aryl methyl sites for hydroxylation is 1. The molecule has 0 aliphatic rings. The average molecular weight is 360 g/mol. The molecule has 2 aromatic rings. The van der Waals surface area contributed by atoms with Crippen molar-refractivity contribution in [2.75, 3.05) is 0 Å². The van der Waals surface area contributed by atoms with Crippen LogP contribution in [0.1, 0.15) is 37.1 Å². The molecule has 1 unspecified atom stereocenters. The molecule has 0 spiro atoms. The number of rotatable bonds is 2. The minimum atomic E-state index is -6.00. The van der Waals surface area contributed by atoms with Gasteiger partial charge >= 0.3 is 12.8 Å². The van der Waals surface area contributed by atoms with Crippen LogP contribution < -0.4 is 0 Å². The monoisotopic (exact) mass is 360 g/mol. The third kappa shape index (κ3) is 5.71. The molecule has 2 rings (SSSR count). The second kappa shape index (κ2) is 7.11. The van der Waals surface area contributed by atoms with Gasteiger partial charge in [-0.2, -0.15) is 0 Å². The fourth-order valence-electron chi connectivity index (χ4n) is 2.10. The van der Waals surface area contributed by atoms with Gasteiger partial charge in [0.15, 0.2) is 9.58 Å². The highest BCUT2D eigenvalue weighted by atomic mass is 32.2. The van der Waals surface area contributed by atoms with E-state index in [2.05, 4.69) is 0 Å². The minimum absolute atomic E-state index is 0.250. The molecule has 0 N–H and O–H groups in total. The standard InChI is InChI=1S/C14H16F3S.BF4/c1-4-12-7-11-6-5-10(9(2)3)8-13(11)18(12)14(15,16)17;2-1(3,4)5/h5-9H,4H2,1-3H3;/q+1;-1. The highest BCUT2D eigenvalue weighted by Crippen LogP contribution is 2.51. The number of benzene rings is 1. The second-order valence-electron chi connectivity index (χ2n) is 5.16. The van der Waals surface area contributed by atoms with Gasteiger partial charge in [-0.3, -0.25) is 0 Å². The van der Waals surface area contributed by atoms with E-state index in [0.717, 1.165) is 10.9 Å². The number of hydrogen-bond donors (Lipinski definition) is 0. The molecule has 0 amide bonds. The molecule has 0 nitrogen and oxygen atoms in total. The molecule has 1 atom stereocenters.